The van der Waals surface area contributed by atoms with Crippen LogP contribution in [-0.2, 0) is 20.3 Å². The van der Waals surface area contributed by atoms with E-state index in [0.717, 1.165) is 63.4 Å². The molecule has 6 rings (SSSR count). The number of ether oxygens (including phenoxy) is 1. The number of carbonyl (C=O) groups excluding carboxylic acids is 1. The number of rotatable bonds is 7. The zero-order valence-corrected chi connectivity index (χ0v) is 24.8. The Bertz CT molecular complexity index is 1510. The lowest BCUT2D eigenvalue weighted by molar-refractivity contribution is 0.0302. The Labute approximate surface area is 246 Å². The van der Waals surface area contributed by atoms with Gasteiger partial charge in [0.15, 0.2) is 15.7 Å². The van der Waals surface area contributed by atoms with Crippen LogP contribution in [0.4, 0.5) is 27.7 Å². The number of hydrogen-bond donors (Lipinski definition) is 2. The highest BCUT2D eigenvalue weighted by Gasteiger charge is 2.34. The molecule has 3 aliphatic rings. The molecular formula is C30H37N7O4S. The van der Waals surface area contributed by atoms with Gasteiger partial charge in [-0.25, -0.2) is 23.2 Å². The van der Waals surface area contributed by atoms with Crippen molar-refractivity contribution >= 4 is 38.7 Å². The number of urea groups is 1. The highest BCUT2D eigenvalue weighted by atomic mass is 32.2. The van der Waals surface area contributed by atoms with Crippen molar-refractivity contribution in [1.82, 2.24) is 14.9 Å². The van der Waals surface area contributed by atoms with E-state index in [4.69, 9.17) is 9.72 Å². The predicted octanol–water partition coefficient (Wildman–Crippen LogP) is 3.45. The molecule has 3 aliphatic heterocycles. The Balaban J connectivity index is 1.12. The lowest BCUT2D eigenvalue weighted by atomic mass is 10.2. The second-order valence-corrected chi connectivity index (χ2v) is 13.6. The van der Waals surface area contributed by atoms with Crippen molar-refractivity contribution in [3.8, 4) is 11.4 Å². The minimum atomic E-state index is -3.28. The Morgan fingerprint density at radius 1 is 0.881 bits per heavy atom. The number of anilines is 4. The van der Waals surface area contributed by atoms with Gasteiger partial charge in [0.05, 0.1) is 23.7 Å². The minimum Gasteiger partial charge on any atom is -0.371 e. The lowest BCUT2D eigenvalue weighted by Crippen LogP contribution is -2.44. The van der Waals surface area contributed by atoms with Crippen LogP contribution in [0.3, 0.4) is 0 Å². The maximum atomic E-state index is 12.7. The summed E-state index contributed by atoms with van der Waals surface area (Å²) in [7, 11) is -1.15. The van der Waals surface area contributed by atoms with Gasteiger partial charge >= 0.3 is 6.03 Å². The Morgan fingerprint density at radius 3 is 2.07 bits per heavy atom. The molecule has 0 saturated carbocycles. The van der Waals surface area contributed by atoms with Gasteiger partial charge in [0.2, 0.25) is 0 Å². The number of fused-ring (bicyclic) bond motifs is 2. The number of piperazine rings is 1. The third-order valence-electron chi connectivity index (χ3n) is 7.94. The molecule has 3 aromatic rings. The zero-order chi connectivity index (χ0) is 29.3. The van der Waals surface area contributed by atoms with Gasteiger partial charge in [-0.3, -0.25) is 0 Å². The summed E-state index contributed by atoms with van der Waals surface area (Å²) in [5.41, 5.74) is 3.66. The molecule has 1 aromatic heterocycles. The van der Waals surface area contributed by atoms with Gasteiger partial charge in [0.25, 0.3) is 0 Å². The topological polar surface area (TPSA) is 120 Å². The Kier molecular flexibility index (Phi) is 8.02. The van der Waals surface area contributed by atoms with E-state index in [0.29, 0.717) is 28.7 Å². The average Bonchev–Trinajstić information content (AvgIpc) is 3.30. The van der Waals surface area contributed by atoms with Gasteiger partial charge in [0.1, 0.15) is 5.82 Å². The monoisotopic (exact) mass is 591 g/mol. The zero-order valence-electron chi connectivity index (χ0n) is 24.0. The first kappa shape index (κ1) is 28.4. The molecule has 0 spiro atoms. The van der Waals surface area contributed by atoms with Gasteiger partial charge < -0.3 is 30.1 Å². The number of morpholine rings is 1. The van der Waals surface area contributed by atoms with Gasteiger partial charge in [-0.1, -0.05) is 0 Å². The molecular weight excluding hydrogens is 554 g/mol. The normalized spacial score (nSPS) is 20.9. The van der Waals surface area contributed by atoms with Crippen LogP contribution in [0, 0.1) is 0 Å². The van der Waals surface area contributed by atoms with Crippen molar-refractivity contribution in [2.24, 2.45) is 0 Å². The second-order valence-electron chi connectivity index (χ2n) is 11.5. The smallest absolute Gasteiger partial charge is 0.323 e. The van der Waals surface area contributed by atoms with Crippen LogP contribution in [0.1, 0.15) is 18.5 Å². The molecule has 3 saturated heterocycles. The minimum absolute atomic E-state index is 0.164. The number of carbonyl (C=O) groups is 1. The first-order valence-electron chi connectivity index (χ1n) is 14.3. The second kappa shape index (κ2) is 11.9. The number of nitrogens with one attached hydrogen (secondary N) is 2. The van der Waals surface area contributed by atoms with E-state index < -0.39 is 9.84 Å². The molecule has 222 valence electrons. The van der Waals surface area contributed by atoms with Crippen molar-refractivity contribution in [1.29, 1.82) is 0 Å². The van der Waals surface area contributed by atoms with Crippen LogP contribution in [0.15, 0.2) is 54.6 Å². The molecule has 2 bridgehead atoms. The van der Waals surface area contributed by atoms with Crippen molar-refractivity contribution < 1.29 is 17.9 Å². The first-order valence-corrected chi connectivity index (χ1v) is 16.4. The molecule has 2 N–H and O–H groups in total. The van der Waals surface area contributed by atoms with Crippen molar-refractivity contribution in [3.63, 3.8) is 0 Å². The summed E-state index contributed by atoms with van der Waals surface area (Å²) in [6.45, 7) is 5.50. The number of aromatic nitrogens is 2. The van der Waals surface area contributed by atoms with Crippen LogP contribution in [0.5, 0.6) is 0 Å². The van der Waals surface area contributed by atoms with Gasteiger partial charge in [-0.15, -0.1) is 0 Å². The molecule has 2 amide bonds. The maximum Gasteiger partial charge on any atom is 0.323 e. The van der Waals surface area contributed by atoms with Crippen LogP contribution in [-0.4, -0.2) is 94.1 Å². The number of nitrogens with zero attached hydrogens (tertiary/aromatic N) is 5. The van der Waals surface area contributed by atoms with Gasteiger partial charge in [-0.05, 0) is 68.4 Å². The predicted molar refractivity (Wildman–Crippen MR) is 165 cm³/mol. The first-order chi connectivity index (χ1) is 20.2. The van der Waals surface area contributed by atoms with Crippen molar-refractivity contribution in [3.05, 3.63) is 60.3 Å². The summed E-state index contributed by atoms with van der Waals surface area (Å²) in [5.74, 6) is 0.989. The summed E-state index contributed by atoms with van der Waals surface area (Å²) < 4.78 is 30.1. The van der Waals surface area contributed by atoms with E-state index in [1.54, 1.807) is 18.2 Å². The molecule has 4 heterocycles. The summed E-state index contributed by atoms with van der Waals surface area (Å²) in [6.07, 6.45) is 3.61. The fourth-order valence-corrected chi connectivity index (χ4v) is 6.42. The van der Waals surface area contributed by atoms with Gasteiger partial charge in [-0.2, -0.15) is 0 Å². The van der Waals surface area contributed by atoms with E-state index in [2.05, 4.69) is 37.4 Å². The molecule has 0 radical (unpaired) electrons. The fraction of sp³-hybridized carbons (Fsp3) is 0.433. The van der Waals surface area contributed by atoms with Crippen LogP contribution in [0.25, 0.3) is 11.4 Å². The highest BCUT2D eigenvalue weighted by Crippen LogP contribution is 2.30. The van der Waals surface area contributed by atoms with E-state index >= 15 is 0 Å². The van der Waals surface area contributed by atoms with E-state index in [9.17, 15) is 13.2 Å². The van der Waals surface area contributed by atoms with Crippen LogP contribution < -0.4 is 20.4 Å². The lowest BCUT2D eigenvalue weighted by Gasteiger charge is -2.34. The van der Waals surface area contributed by atoms with E-state index in [-0.39, 0.29) is 24.0 Å². The standard InChI is InChI=1S/C30H37N7O4S/c1-35-13-15-36(16-14-35)25-9-7-23(8-10-25)33-30(38)32-22-5-3-21(4-6-22)29-31-24(20-42(2,39)40)17-28(34-29)37-18-26-11-12-27(19-37)41-26/h3-10,17,26-27H,11-16,18-20H2,1-2H3,(H2,32,33,38). The van der Waals surface area contributed by atoms with E-state index in [1.807, 2.05) is 36.4 Å². The average molecular weight is 592 g/mol. The van der Waals surface area contributed by atoms with Crippen LogP contribution >= 0.6 is 0 Å². The number of hydrogen-bond acceptors (Lipinski definition) is 9. The summed E-state index contributed by atoms with van der Waals surface area (Å²) in [4.78, 5) is 28.9. The fourth-order valence-electron chi connectivity index (χ4n) is 5.73. The Morgan fingerprint density at radius 2 is 1.48 bits per heavy atom. The largest absolute Gasteiger partial charge is 0.371 e. The quantitative estimate of drug-likeness (QED) is 0.426. The van der Waals surface area contributed by atoms with Gasteiger partial charge in [0, 0.05) is 74.2 Å². The number of benzene rings is 2. The van der Waals surface area contributed by atoms with Crippen molar-refractivity contribution in [2.75, 3.05) is 73.0 Å². The molecule has 11 nitrogen and oxygen atoms in total. The number of likely N-dealkylation sites (N-methyl/N-ethyl adjacent to an activating group) is 1. The SMILES string of the molecule is CN1CCN(c2ccc(NC(=O)Nc3ccc(-c4nc(CS(C)(=O)=O)cc(N5CC6CCC(C5)O6)n4)cc3)cc2)CC1. The summed E-state index contributed by atoms with van der Waals surface area (Å²) in [6, 6.07) is 16.5. The number of amides is 2. The molecule has 2 atom stereocenters. The van der Waals surface area contributed by atoms with Crippen molar-refractivity contribution in [2.45, 2.75) is 30.8 Å². The molecule has 0 aliphatic carbocycles. The summed E-state index contributed by atoms with van der Waals surface area (Å²) >= 11 is 0. The molecule has 12 heteroatoms. The third kappa shape index (κ3) is 7.00. The molecule has 3 fully saturated rings. The summed E-state index contributed by atoms with van der Waals surface area (Å²) in [5, 5.41) is 5.75. The molecule has 2 aromatic carbocycles. The van der Waals surface area contributed by atoms with Crippen LogP contribution in [0.2, 0.25) is 0 Å². The number of sulfone groups is 1. The maximum absolute atomic E-state index is 12.7. The van der Waals surface area contributed by atoms with E-state index in [1.165, 1.54) is 6.26 Å². The molecule has 2 unspecified atom stereocenters. The molecule has 42 heavy (non-hydrogen) atoms. The highest BCUT2D eigenvalue weighted by molar-refractivity contribution is 7.89. The third-order valence-corrected chi connectivity index (χ3v) is 8.76. The Hall–Kier alpha value is -3.74.